The van der Waals surface area contributed by atoms with Gasteiger partial charge >= 0.3 is 19.5 Å². The van der Waals surface area contributed by atoms with Gasteiger partial charge in [-0.05, 0) is 36.9 Å². The van der Waals surface area contributed by atoms with Gasteiger partial charge in [0, 0.05) is 0 Å². The van der Waals surface area contributed by atoms with E-state index in [-0.39, 0.29) is 32.3 Å². The van der Waals surface area contributed by atoms with Gasteiger partial charge in [0.05, 0.1) is 24.1 Å². The summed E-state index contributed by atoms with van der Waals surface area (Å²) in [6.45, 7) is 0. The van der Waals surface area contributed by atoms with Crippen molar-refractivity contribution in [3.05, 3.63) is 0 Å². The van der Waals surface area contributed by atoms with E-state index in [1.54, 1.807) is 0 Å². The van der Waals surface area contributed by atoms with Crippen LogP contribution in [0.15, 0.2) is 0 Å². The molecular formula is C10H18O6S2Zn. The van der Waals surface area contributed by atoms with Crippen molar-refractivity contribution >= 4 is 35.5 Å². The number of aliphatic hydroxyl groups excluding tert-OH is 2. The van der Waals surface area contributed by atoms with Crippen molar-refractivity contribution in [2.75, 3.05) is 24.0 Å². The molecule has 0 saturated heterocycles. The number of carboxylic acid groups (broad SMARTS) is 2. The van der Waals surface area contributed by atoms with Crippen molar-refractivity contribution in [1.29, 1.82) is 0 Å². The zero-order valence-electron chi connectivity index (χ0n) is 11.0. The summed E-state index contributed by atoms with van der Waals surface area (Å²) in [4.78, 5) is 19.7. The van der Waals surface area contributed by atoms with Crippen molar-refractivity contribution < 1.29 is 49.5 Å². The Bertz CT molecular complexity index is 218. The van der Waals surface area contributed by atoms with Gasteiger partial charge in [0.1, 0.15) is 0 Å². The number of hydrogen-bond donors (Lipinski definition) is 2. The van der Waals surface area contributed by atoms with Gasteiger partial charge in [0.2, 0.25) is 0 Å². The van der Waals surface area contributed by atoms with Crippen LogP contribution in [-0.4, -0.2) is 58.4 Å². The van der Waals surface area contributed by atoms with E-state index in [0.717, 1.165) is 0 Å². The third-order valence-corrected chi connectivity index (χ3v) is 3.02. The molecule has 0 fully saturated rings. The second-order valence-corrected chi connectivity index (χ2v) is 5.20. The largest absolute Gasteiger partial charge is 2.00 e. The minimum Gasteiger partial charge on any atom is -0.547 e. The first-order valence-corrected chi connectivity index (χ1v) is 7.91. The summed E-state index contributed by atoms with van der Waals surface area (Å²) >= 11 is 2.99. The predicted octanol–water partition coefficient (Wildman–Crippen LogP) is -2.30. The Kier molecular flexibility index (Phi) is 20.7. The normalized spacial score (nSPS) is 12.4. The fraction of sp³-hybridized carbons (Fsp3) is 0.800. The average Bonchev–Trinajstić information content (AvgIpc) is 2.33. The molecule has 6 nitrogen and oxygen atoms in total. The summed E-state index contributed by atoms with van der Waals surface area (Å²) in [6.07, 6.45) is 1.65. The molecule has 0 spiro atoms. The number of rotatable bonds is 8. The third-order valence-electron chi connectivity index (χ3n) is 1.73. The number of carbonyl (C=O) groups excluding carboxylic acids is 2. The maximum atomic E-state index is 9.83. The molecule has 0 rings (SSSR count). The standard InChI is InChI=1S/2C5H10O3S.Zn/c2*1-9-3-2-4(6)5(7)8;/h2*4,6H,2-3H2,1H3,(H,7,8);/q;;+2/p-2. The maximum absolute atomic E-state index is 9.83. The average molecular weight is 364 g/mol. The summed E-state index contributed by atoms with van der Waals surface area (Å²) in [6, 6.07) is 0. The molecule has 0 aromatic heterocycles. The number of hydrogen-bond acceptors (Lipinski definition) is 8. The van der Waals surface area contributed by atoms with Gasteiger partial charge < -0.3 is 30.0 Å². The number of thioether (sulfide) groups is 2. The number of carboxylic acids is 2. The molecule has 108 valence electrons. The van der Waals surface area contributed by atoms with Crippen LogP contribution in [0.25, 0.3) is 0 Å². The van der Waals surface area contributed by atoms with E-state index in [1.807, 2.05) is 12.5 Å². The van der Waals surface area contributed by atoms with E-state index in [4.69, 9.17) is 10.2 Å². The summed E-state index contributed by atoms with van der Waals surface area (Å²) in [5.41, 5.74) is 0. The molecule has 0 amide bonds. The Morgan fingerprint density at radius 1 is 0.947 bits per heavy atom. The molecule has 0 radical (unpaired) electrons. The van der Waals surface area contributed by atoms with Gasteiger partial charge in [0.25, 0.3) is 0 Å². The van der Waals surface area contributed by atoms with E-state index >= 15 is 0 Å². The van der Waals surface area contributed by atoms with Crippen LogP contribution in [-0.2, 0) is 29.1 Å². The van der Waals surface area contributed by atoms with E-state index < -0.39 is 24.1 Å². The Labute approximate surface area is 134 Å². The van der Waals surface area contributed by atoms with Crippen LogP contribution in [0.2, 0.25) is 0 Å². The van der Waals surface area contributed by atoms with Crippen molar-refractivity contribution in [2.45, 2.75) is 25.0 Å². The summed E-state index contributed by atoms with van der Waals surface area (Å²) in [5, 5.41) is 36.8. The van der Waals surface area contributed by atoms with Crippen LogP contribution in [0.1, 0.15) is 12.8 Å². The fourth-order valence-electron chi connectivity index (χ4n) is 0.695. The van der Waals surface area contributed by atoms with Gasteiger partial charge in [-0.15, -0.1) is 0 Å². The van der Waals surface area contributed by atoms with Crippen molar-refractivity contribution in [3.63, 3.8) is 0 Å². The minimum absolute atomic E-state index is 0. The number of aliphatic carboxylic acids is 2. The van der Waals surface area contributed by atoms with Crippen LogP contribution in [0.3, 0.4) is 0 Å². The van der Waals surface area contributed by atoms with E-state index in [9.17, 15) is 19.8 Å². The van der Waals surface area contributed by atoms with Crippen molar-refractivity contribution in [2.24, 2.45) is 0 Å². The zero-order chi connectivity index (χ0) is 14.6. The summed E-state index contributed by atoms with van der Waals surface area (Å²) in [7, 11) is 0. The van der Waals surface area contributed by atoms with Crippen LogP contribution in [0, 0.1) is 0 Å². The molecule has 0 bridgehead atoms. The van der Waals surface area contributed by atoms with Gasteiger partial charge in [-0.3, -0.25) is 0 Å². The van der Waals surface area contributed by atoms with Crippen molar-refractivity contribution in [1.82, 2.24) is 0 Å². The molecule has 0 aliphatic rings. The van der Waals surface area contributed by atoms with Crippen LogP contribution in [0.5, 0.6) is 0 Å². The van der Waals surface area contributed by atoms with Crippen LogP contribution >= 0.6 is 23.5 Å². The topological polar surface area (TPSA) is 121 Å². The Morgan fingerprint density at radius 2 is 1.21 bits per heavy atom. The van der Waals surface area contributed by atoms with E-state index in [2.05, 4.69) is 0 Å². The maximum Gasteiger partial charge on any atom is 2.00 e. The first-order chi connectivity index (χ1) is 8.36. The quantitative estimate of drug-likeness (QED) is 0.462. The first kappa shape index (κ1) is 24.2. The van der Waals surface area contributed by atoms with Gasteiger partial charge in [0.15, 0.2) is 0 Å². The smallest absolute Gasteiger partial charge is 0.547 e. The van der Waals surface area contributed by atoms with Gasteiger partial charge in [-0.25, -0.2) is 0 Å². The molecule has 0 aliphatic carbocycles. The SMILES string of the molecule is CSCCC(O)C(=O)[O-].CSCCC(O)C(=O)[O-].[Zn+2]. The molecule has 0 heterocycles. The molecule has 0 aromatic rings. The predicted molar refractivity (Wildman–Crippen MR) is 68.0 cm³/mol. The molecule has 2 N–H and O–H groups in total. The first-order valence-electron chi connectivity index (χ1n) is 5.12. The number of aliphatic hydroxyl groups is 2. The van der Waals surface area contributed by atoms with E-state index in [0.29, 0.717) is 11.5 Å². The van der Waals surface area contributed by atoms with Crippen LogP contribution < -0.4 is 10.2 Å². The number of carbonyl (C=O) groups is 2. The Hall–Kier alpha value is 0.183. The van der Waals surface area contributed by atoms with Gasteiger partial charge in [-0.1, -0.05) is 0 Å². The molecule has 9 heteroatoms. The molecule has 0 saturated carbocycles. The summed E-state index contributed by atoms with van der Waals surface area (Å²) < 4.78 is 0. The summed E-state index contributed by atoms with van der Waals surface area (Å²) in [5.74, 6) is -1.47. The monoisotopic (exact) mass is 362 g/mol. The zero-order valence-corrected chi connectivity index (χ0v) is 15.6. The minimum atomic E-state index is -1.39. The Morgan fingerprint density at radius 3 is 1.37 bits per heavy atom. The molecule has 2 unspecified atom stereocenters. The van der Waals surface area contributed by atoms with Crippen LogP contribution in [0.4, 0.5) is 0 Å². The van der Waals surface area contributed by atoms with Crippen molar-refractivity contribution in [3.8, 4) is 0 Å². The molecule has 19 heavy (non-hydrogen) atoms. The van der Waals surface area contributed by atoms with Gasteiger partial charge in [-0.2, -0.15) is 23.5 Å². The third kappa shape index (κ3) is 18.2. The fourth-order valence-corrected chi connectivity index (χ4v) is 1.61. The second-order valence-electron chi connectivity index (χ2n) is 3.23. The Balaban J connectivity index is -0.000000256. The molecule has 0 aromatic carbocycles. The molecule has 2 atom stereocenters. The van der Waals surface area contributed by atoms with E-state index in [1.165, 1.54) is 23.5 Å². The molecule has 0 aliphatic heterocycles. The second kappa shape index (κ2) is 16.2. The molecular weight excluding hydrogens is 346 g/mol.